The lowest BCUT2D eigenvalue weighted by atomic mass is 9.91. The Bertz CT molecular complexity index is 545. The van der Waals surface area contributed by atoms with Gasteiger partial charge in [0.05, 0.1) is 5.54 Å². The smallest absolute Gasteiger partial charge is 0.374 e. The number of carbonyl (C=O) groups is 2. The number of hydrogen-bond acceptors (Lipinski definition) is 4. The Balaban J connectivity index is 2.07. The highest BCUT2D eigenvalue weighted by Gasteiger charge is 2.30. The van der Waals surface area contributed by atoms with E-state index in [1.165, 1.54) is 6.07 Å². The van der Waals surface area contributed by atoms with Gasteiger partial charge in [0.2, 0.25) is 11.7 Å². The summed E-state index contributed by atoms with van der Waals surface area (Å²) in [5.74, 6) is -1.49. The summed E-state index contributed by atoms with van der Waals surface area (Å²) >= 11 is 0. The molecule has 6 nitrogen and oxygen atoms in total. The number of amides is 1. The van der Waals surface area contributed by atoms with Gasteiger partial charge in [0.1, 0.15) is 5.69 Å². The molecule has 0 spiro atoms. The van der Waals surface area contributed by atoms with Crippen LogP contribution in [0, 0.1) is 5.92 Å². The zero-order chi connectivity index (χ0) is 14.8. The van der Waals surface area contributed by atoms with Crippen molar-refractivity contribution in [2.75, 3.05) is 0 Å². The van der Waals surface area contributed by atoms with Crippen molar-refractivity contribution in [3.8, 4) is 0 Å². The Kier molecular flexibility index (Phi) is 3.92. The average Bonchev–Trinajstić information content (AvgIpc) is 2.90. The van der Waals surface area contributed by atoms with Crippen LogP contribution in [-0.4, -0.2) is 22.1 Å². The summed E-state index contributed by atoms with van der Waals surface area (Å²) in [6.45, 7) is 3.54. The third-order valence-corrected chi connectivity index (χ3v) is 3.44. The lowest BCUT2D eigenvalue weighted by molar-refractivity contribution is -0.127. The molecule has 1 aliphatic carbocycles. The second-order valence-corrected chi connectivity index (χ2v) is 5.48. The number of nitrogens with one attached hydrogen (secondary N) is 1. The number of carboxylic acid groups (broad SMARTS) is 1. The molecular weight excluding hydrogens is 260 g/mol. The number of carbonyl (C=O) groups excluding carboxylic acids is 1. The van der Waals surface area contributed by atoms with Crippen molar-refractivity contribution in [3.63, 3.8) is 0 Å². The topological polar surface area (TPSA) is 92.4 Å². The van der Waals surface area contributed by atoms with Crippen molar-refractivity contribution in [1.29, 1.82) is 0 Å². The minimum Gasteiger partial charge on any atom is -0.475 e. The molecule has 1 atom stereocenters. The Morgan fingerprint density at radius 1 is 1.45 bits per heavy atom. The van der Waals surface area contributed by atoms with E-state index in [-0.39, 0.29) is 17.6 Å². The third-order valence-electron chi connectivity index (χ3n) is 3.44. The fourth-order valence-electron chi connectivity index (χ4n) is 2.18. The first-order valence-corrected chi connectivity index (χ1v) is 6.57. The monoisotopic (exact) mass is 278 g/mol. The van der Waals surface area contributed by atoms with Crippen LogP contribution in [0.1, 0.15) is 49.4 Å². The van der Waals surface area contributed by atoms with Crippen molar-refractivity contribution < 1.29 is 19.2 Å². The predicted octanol–water partition coefficient (Wildman–Crippen LogP) is 2.08. The van der Waals surface area contributed by atoms with Crippen LogP contribution in [-0.2, 0) is 10.3 Å². The first-order chi connectivity index (χ1) is 9.40. The van der Waals surface area contributed by atoms with Crippen LogP contribution in [0.4, 0.5) is 0 Å². The summed E-state index contributed by atoms with van der Waals surface area (Å²) in [4.78, 5) is 23.0. The maximum absolute atomic E-state index is 12.2. The molecule has 20 heavy (non-hydrogen) atoms. The number of aromatic nitrogens is 1. The highest BCUT2D eigenvalue weighted by atomic mass is 16.5. The van der Waals surface area contributed by atoms with E-state index in [1.54, 1.807) is 13.8 Å². The van der Waals surface area contributed by atoms with Gasteiger partial charge >= 0.3 is 5.97 Å². The van der Waals surface area contributed by atoms with Gasteiger partial charge in [-0.2, -0.15) is 0 Å². The Labute approximate surface area is 116 Å². The molecule has 0 aromatic carbocycles. The van der Waals surface area contributed by atoms with E-state index >= 15 is 0 Å². The van der Waals surface area contributed by atoms with Gasteiger partial charge in [-0.15, -0.1) is 0 Å². The molecular formula is C14H18N2O4. The van der Waals surface area contributed by atoms with Crippen LogP contribution in [0.15, 0.2) is 22.7 Å². The molecule has 0 aliphatic heterocycles. The standard InChI is InChI=1S/C14H18N2O4/c1-14(2,11-8-10(13(18)19)20-16-11)15-12(17)9-6-4-3-5-7-9/h3-4,8-9H,5-7H2,1-2H3,(H,15,17)(H,18,19). The van der Waals surface area contributed by atoms with Gasteiger partial charge in [0.15, 0.2) is 0 Å². The molecule has 0 saturated heterocycles. The van der Waals surface area contributed by atoms with Gasteiger partial charge < -0.3 is 14.9 Å². The lowest BCUT2D eigenvalue weighted by Crippen LogP contribution is -2.44. The van der Waals surface area contributed by atoms with E-state index in [0.717, 1.165) is 19.3 Å². The largest absolute Gasteiger partial charge is 0.475 e. The molecule has 0 fully saturated rings. The maximum atomic E-state index is 12.2. The molecule has 6 heteroatoms. The zero-order valence-corrected chi connectivity index (χ0v) is 11.5. The normalized spacial score (nSPS) is 18.8. The fraction of sp³-hybridized carbons (Fsp3) is 0.500. The number of carboxylic acids is 1. The first-order valence-electron chi connectivity index (χ1n) is 6.57. The molecule has 0 radical (unpaired) electrons. The van der Waals surface area contributed by atoms with Crippen molar-refractivity contribution in [3.05, 3.63) is 29.7 Å². The van der Waals surface area contributed by atoms with Gasteiger partial charge in [0.25, 0.3) is 0 Å². The number of aromatic carboxylic acids is 1. The van der Waals surface area contributed by atoms with Gasteiger partial charge in [-0.1, -0.05) is 17.3 Å². The number of rotatable bonds is 4. The SMILES string of the molecule is CC(C)(NC(=O)C1CC=CCC1)c1cc(C(=O)O)on1. The van der Waals surface area contributed by atoms with E-state index in [1.807, 2.05) is 6.08 Å². The maximum Gasteiger partial charge on any atom is 0.374 e. The molecule has 1 aromatic heterocycles. The molecule has 1 aliphatic rings. The van der Waals surface area contributed by atoms with E-state index in [9.17, 15) is 9.59 Å². The van der Waals surface area contributed by atoms with Crippen LogP contribution >= 0.6 is 0 Å². The number of allylic oxidation sites excluding steroid dienone is 2. The molecule has 1 unspecified atom stereocenters. The van der Waals surface area contributed by atoms with Crippen molar-refractivity contribution in [2.24, 2.45) is 5.92 Å². The second-order valence-electron chi connectivity index (χ2n) is 5.48. The summed E-state index contributed by atoms with van der Waals surface area (Å²) in [6, 6.07) is 1.34. The minimum atomic E-state index is -1.18. The van der Waals surface area contributed by atoms with E-state index in [2.05, 4.69) is 16.5 Å². The number of nitrogens with zero attached hydrogens (tertiary/aromatic N) is 1. The lowest BCUT2D eigenvalue weighted by Gasteiger charge is -2.27. The van der Waals surface area contributed by atoms with Gasteiger partial charge in [-0.25, -0.2) is 4.79 Å². The van der Waals surface area contributed by atoms with Crippen molar-refractivity contribution in [1.82, 2.24) is 10.5 Å². The van der Waals surface area contributed by atoms with Crippen molar-refractivity contribution in [2.45, 2.75) is 38.6 Å². The molecule has 1 amide bonds. The molecule has 0 saturated carbocycles. The van der Waals surface area contributed by atoms with Gasteiger partial charge in [0, 0.05) is 12.0 Å². The summed E-state index contributed by atoms with van der Waals surface area (Å²) in [5, 5.41) is 15.4. The van der Waals surface area contributed by atoms with E-state index < -0.39 is 11.5 Å². The van der Waals surface area contributed by atoms with Crippen LogP contribution in [0.3, 0.4) is 0 Å². The molecule has 2 rings (SSSR count). The van der Waals surface area contributed by atoms with Crippen LogP contribution in [0.2, 0.25) is 0 Å². The minimum absolute atomic E-state index is 0.0369. The molecule has 2 N–H and O–H groups in total. The fourth-order valence-corrected chi connectivity index (χ4v) is 2.18. The Hall–Kier alpha value is -2.11. The molecule has 1 aromatic rings. The quantitative estimate of drug-likeness (QED) is 0.822. The predicted molar refractivity (Wildman–Crippen MR) is 71.1 cm³/mol. The van der Waals surface area contributed by atoms with Crippen LogP contribution in [0.25, 0.3) is 0 Å². The first kappa shape index (κ1) is 14.3. The summed E-state index contributed by atoms with van der Waals surface area (Å²) < 4.78 is 4.73. The molecule has 1 heterocycles. The summed E-state index contributed by atoms with van der Waals surface area (Å²) in [7, 11) is 0. The highest BCUT2D eigenvalue weighted by molar-refractivity contribution is 5.84. The van der Waals surface area contributed by atoms with Crippen molar-refractivity contribution >= 4 is 11.9 Å². The van der Waals surface area contributed by atoms with Gasteiger partial charge in [-0.3, -0.25) is 4.79 Å². The van der Waals surface area contributed by atoms with Crippen LogP contribution < -0.4 is 5.32 Å². The Morgan fingerprint density at radius 2 is 2.20 bits per heavy atom. The van der Waals surface area contributed by atoms with Gasteiger partial charge in [-0.05, 0) is 33.1 Å². The summed E-state index contributed by atoms with van der Waals surface area (Å²) in [6.07, 6.45) is 6.56. The highest BCUT2D eigenvalue weighted by Crippen LogP contribution is 2.23. The average molecular weight is 278 g/mol. The molecule has 0 bridgehead atoms. The van der Waals surface area contributed by atoms with E-state index in [4.69, 9.17) is 9.63 Å². The zero-order valence-electron chi connectivity index (χ0n) is 11.5. The van der Waals surface area contributed by atoms with E-state index in [0.29, 0.717) is 5.69 Å². The number of hydrogen-bond donors (Lipinski definition) is 2. The molecule has 108 valence electrons. The Morgan fingerprint density at radius 3 is 2.75 bits per heavy atom. The second kappa shape index (κ2) is 5.48. The third kappa shape index (κ3) is 3.07. The van der Waals surface area contributed by atoms with Crippen LogP contribution in [0.5, 0.6) is 0 Å². The summed E-state index contributed by atoms with van der Waals surface area (Å²) in [5.41, 5.74) is -0.371.